The zero-order valence-electron chi connectivity index (χ0n) is 24.6. The number of fused-ring (bicyclic) bond motifs is 1. The van der Waals surface area contributed by atoms with Gasteiger partial charge in [-0.3, -0.25) is 19.3 Å². The fraction of sp³-hybridized carbons (Fsp3) is 0.406. The lowest BCUT2D eigenvalue weighted by atomic mass is 10.00. The lowest BCUT2D eigenvalue weighted by molar-refractivity contribution is -0.131. The van der Waals surface area contributed by atoms with Crippen molar-refractivity contribution in [3.8, 4) is 0 Å². The van der Waals surface area contributed by atoms with Crippen LogP contribution in [-0.2, 0) is 14.3 Å². The molecule has 0 radical (unpaired) electrons. The van der Waals surface area contributed by atoms with E-state index in [-0.39, 0.29) is 36.3 Å². The fourth-order valence-electron chi connectivity index (χ4n) is 4.22. The van der Waals surface area contributed by atoms with Gasteiger partial charge in [0.1, 0.15) is 6.26 Å². The van der Waals surface area contributed by atoms with Crippen molar-refractivity contribution < 1.29 is 29.0 Å². The maximum atomic E-state index is 12.5. The lowest BCUT2D eigenvalue weighted by Crippen LogP contribution is -2.37. The lowest BCUT2D eigenvalue weighted by Gasteiger charge is -2.23. The van der Waals surface area contributed by atoms with Gasteiger partial charge < -0.3 is 19.5 Å². The highest BCUT2D eigenvalue weighted by molar-refractivity contribution is 6.21. The van der Waals surface area contributed by atoms with Crippen molar-refractivity contribution in [2.24, 2.45) is 5.92 Å². The Bertz CT molecular complexity index is 1080. The largest absolute Gasteiger partial charge is 0.461 e. The van der Waals surface area contributed by atoms with Crippen LogP contribution in [0.1, 0.15) is 68.7 Å². The molecule has 1 N–H and O–H groups in total. The average Bonchev–Trinajstić information content (AvgIpc) is 3.65. The summed E-state index contributed by atoms with van der Waals surface area (Å²) in [5.74, 6) is 0.206. The molecule has 0 saturated carbocycles. The maximum Gasteiger partial charge on any atom is 0.261 e. The van der Waals surface area contributed by atoms with Gasteiger partial charge in [-0.05, 0) is 57.9 Å². The number of aliphatic hydroxyl groups is 1. The van der Waals surface area contributed by atoms with Crippen LogP contribution in [0.4, 0.5) is 0 Å². The minimum absolute atomic E-state index is 0.0379. The molecule has 4 rings (SSSR count). The predicted molar refractivity (Wildman–Crippen MR) is 158 cm³/mol. The summed E-state index contributed by atoms with van der Waals surface area (Å²) in [6.45, 7) is 16.6. The van der Waals surface area contributed by atoms with E-state index in [9.17, 15) is 14.4 Å². The average molecular weight is 553 g/mol. The van der Waals surface area contributed by atoms with Gasteiger partial charge in [-0.25, -0.2) is 0 Å². The molecule has 1 saturated heterocycles. The molecule has 3 aliphatic rings. The number of carbonyl (C=O) groups is 3. The number of hydrogen-bond acceptors (Lipinski definition) is 6. The molecule has 0 aromatic heterocycles. The van der Waals surface area contributed by atoms with Gasteiger partial charge >= 0.3 is 0 Å². The van der Waals surface area contributed by atoms with Crippen LogP contribution in [0.15, 0.2) is 84.9 Å². The number of ether oxygens (including phenoxy) is 2. The number of allylic oxidation sites excluding steroid dienone is 5. The third-order valence-corrected chi connectivity index (χ3v) is 6.28. The summed E-state index contributed by atoms with van der Waals surface area (Å²) in [5.41, 5.74) is 2.04. The highest BCUT2D eigenvalue weighted by atomic mass is 16.7. The quantitative estimate of drug-likeness (QED) is 0.347. The molecule has 3 amide bonds. The number of likely N-dealkylation sites (tertiary alicyclic amines) is 1. The zero-order chi connectivity index (χ0) is 30.1. The molecule has 40 heavy (non-hydrogen) atoms. The smallest absolute Gasteiger partial charge is 0.261 e. The Morgan fingerprint density at radius 3 is 2.08 bits per heavy atom. The van der Waals surface area contributed by atoms with Crippen LogP contribution in [0, 0.1) is 5.92 Å². The summed E-state index contributed by atoms with van der Waals surface area (Å²) in [5, 5.41) is 7.98. The fourth-order valence-corrected chi connectivity index (χ4v) is 4.22. The van der Waals surface area contributed by atoms with Gasteiger partial charge in [-0.15, -0.1) is 0 Å². The molecule has 3 aliphatic heterocycles. The minimum Gasteiger partial charge on any atom is -0.461 e. The molecule has 0 spiro atoms. The van der Waals surface area contributed by atoms with Crippen molar-refractivity contribution in [2.45, 2.75) is 54.0 Å². The predicted octanol–water partition coefficient (Wildman–Crippen LogP) is 5.64. The molecule has 0 aliphatic carbocycles. The van der Waals surface area contributed by atoms with Crippen molar-refractivity contribution in [3.05, 3.63) is 96.0 Å². The first-order chi connectivity index (χ1) is 19.3. The van der Waals surface area contributed by atoms with Gasteiger partial charge in [0.25, 0.3) is 11.8 Å². The van der Waals surface area contributed by atoms with E-state index in [0.29, 0.717) is 43.2 Å². The van der Waals surface area contributed by atoms with Crippen LogP contribution in [-0.4, -0.2) is 65.2 Å². The summed E-state index contributed by atoms with van der Waals surface area (Å²) >= 11 is 0. The third kappa shape index (κ3) is 9.09. The van der Waals surface area contributed by atoms with E-state index in [1.807, 2.05) is 64.7 Å². The summed E-state index contributed by atoms with van der Waals surface area (Å²) in [6.07, 6.45) is 13.1. The standard InChI is InChI=1S/C21H24N2O3.C5H6O2.C4H8O.C2H6/c1-4-5-9-16-14(2)19(24)22(15(16)3)12-8-13-23-20(25)17-10-6-7-11-18(17)21(23)26;1-2-5-3-6-4-7-5;1-2-3-4-5;1-2/h4-7,9-11,14-15H,8,12-13H2,1-3H3;2-3H,1,4H2;2-3,5H,4H2,1H3;1-2H3/b5-4-,16-9-;;3-2-;. The molecule has 2 unspecified atom stereocenters. The minimum atomic E-state index is -0.242. The van der Waals surface area contributed by atoms with E-state index < -0.39 is 0 Å². The van der Waals surface area contributed by atoms with Crippen LogP contribution in [0.5, 0.6) is 0 Å². The molecule has 0 bridgehead atoms. The number of benzene rings is 1. The van der Waals surface area contributed by atoms with Crippen molar-refractivity contribution >= 4 is 17.7 Å². The molecular weight excluding hydrogens is 508 g/mol. The highest BCUT2D eigenvalue weighted by Gasteiger charge is 2.39. The zero-order valence-corrected chi connectivity index (χ0v) is 24.6. The second kappa shape index (κ2) is 18.4. The molecule has 1 aromatic rings. The highest BCUT2D eigenvalue weighted by Crippen LogP contribution is 2.30. The number of imide groups is 1. The van der Waals surface area contributed by atoms with Crippen LogP contribution in [0.2, 0.25) is 0 Å². The molecule has 8 nitrogen and oxygen atoms in total. The van der Waals surface area contributed by atoms with E-state index in [0.717, 1.165) is 5.57 Å². The van der Waals surface area contributed by atoms with Crippen LogP contribution < -0.4 is 0 Å². The SMILES string of the molecule is C/C=C\C=C1\C(C)C(=O)N(CCCN2C(=O)c3ccccc3C2=O)C1C.C/C=C\CO.C=CC1=COCO1.CC. The summed E-state index contributed by atoms with van der Waals surface area (Å²) < 4.78 is 9.52. The number of nitrogens with zero attached hydrogens (tertiary/aromatic N) is 2. The first-order valence-corrected chi connectivity index (χ1v) is 13.7. The normalized spacial score (nSPS) is 20.2. The van der Waals surface area contributed by atoms with Crippen molar-refractivity contribution in [1.82, 2.24) is 9.80 Å². The van der Waals surface area contributed by atoms with Gasteiger partial charge in [0.2, 0.25) is 12.7 Å². The van der Waals surface area contributed by atoms with E-state index in [1.165, 1.54) is 11.2 Å². The van der Waals surface area contributed by atoms with E-state index in [4.69, 9.17) is 14.6 Å². The van der Waals surface area contributed by atoms with Gasteiger partial charge in [-0.2, -0.15) is 0 Å². The number of hydrogen-bond donors (Lipinski definition) is 1. The number of amides is 3. The Morgan fingerprint density at radius 2 is 1.65 bits per heavy atom. The Balaban J connectivity index is 0.000000471. The molecule has 1 fully saturated rings. The van der Waals surface area contributed by atoms with Crippen molar-refractivity contribution in [1.29, 1.82) is 0 Å². The third-order valence-electron chi connectivity index (χ3n) is 6.28. The van der Waals surface area contributed by atoms with E-state index in [2.05, 4.69) is 6.58 Å². The number of carbonyl (C=O) groups excluding carboxylic acids is 3. The number of rotatable bonds is 7. The topological polar surface area (TPSA) is 96.4 Å². The molecule has 2 atom stereocenters. The van der Waals surface area contributed by atoms with Crippen molar-refractivity contribution in [2.75, 3.05) is 26.5 Å². The summed E-state index contributed by atoms with van der Waals surface area (Å²) in [6, 6.07) is 6.93. The Hall–Kier alpha value is -3.91. The van der Waals surface area contributed by atoms with E-state index >= 15 is 0 Å². The number of aliphatic hydroxyl groups excluding tert-OH is 1. The second-order valence-electron chi connectivity index (χ2n) is 8.69. The maximum absolute atomic E-state index is 12.5. The molecule has 218 valence electrons. The van der Waals surface area contributed by atoms with Crippen LogP contribution in [0.25, 0.3) is 0 Å². The van der Waals surface area contributed by atoms with Crippen LogP contribution in [0.3, 0.4) is 0 Å². The molecule has 1 aromatic carbocycles. The van der Waals surface area contributed by atoms with Gasteiger partial charge in [-0.1, -0.05) is 62.9 Å². The second-order valence-corrected chi connectivity index (χ2v) is 8.69. The first-order valence-electron chi connectivity index (χ1n) is 13.7. The Kier molecular flexibility index (Phi) is 15.7. The first kappa shape index (κ1) is 34.1. The molecular formula is C32H44N2O6. The van der Waals surface area contributed by atoms with Gasteiger partial charge in [0.05, 0.1) is 29.7 Å². The Labute approximate surface area is 238 Å². The van der Waals surface area contributed by atoms with Crippen LogP contribution >= 0.6 is 0 Å². The molecule has 8 heteroatoms. The summed E-state index contributed by atoms with van der Waals surface area (Å²) in [7, 11) is 0. The van der Waals surface area contributed by atoms with Gasteiger partial charge in [0, 0.05) is 13.1 Å². The summed E-state index contributed by atoms with van der Waals surface area (Å²) in [4.78, 5) is 40.5. The monoisotopic (exact) mass is 552 g/mol. The molecule has 3 heterocycles. The van der Waals surface area contributed by atoms with E-state index in [1.54, 1.807) is 42.5 Å². The van der Waals surface area contributed by atoms with Gasteiger partial charge in [0.15, 0.2) is 5.76 Å². The Morgan fingerprint density at radius 1 is 1.02 bits per heavy atom. The van der Waals surface area contributed by atoms with Crippen molar-refractivity contribution in [3.63, 3.8) is 0 Å².